The van der Waals surface area contributed by atoms with Gasteiger partial charge in [0.1, 0.15) is 5.76 Å². The molecule has 0 saturated heterocycles. The number of nitrogens with zero attached hydrogens (tertiary/aromatic N) is 2. The van der Waals surface area contributed by atoms with Gasteiger partial charge in [-0.25, -0.2) is 0 Å². The number of carbonyl (C=O) groups excluding carboxylic acids is 2. The van der Waals surface area contributed by atoms with Crippen LogP contribution in [0.15, 0.2) is 145 Å². The molecule has 2 atom stereocenters. The summed E-state index contributed by atoms with van der Waals surface area (Å²) < 4.78 is 7.20. The Labute approximate surface area is 261 Å². The second-order valence-corrected chi connectivity index (χ2v) is 11.5. The summed E-state index contributed by atoms with van der Waals surface area (Å²) in [5.74, 6) is 0.155. The molecular formula is C38H29ClN2O3. The average Bonchev–Trinajstić information content (AvgIpc) is 3.21. The number of amides is 2. The van der Waals surface area contributed by atoms with E-state index in [0.29, 0.717) is 33.3 Å². The number of rotatable bonds is 4. The van der Waals surface area contributed by atoms with Crippen LogP contribution in [-0.2, 0) is 15.3 Å². The highest BCUT2D eigenvalue weighted by Gasteiger charge is 2.55. The molecule has 5 aromatic carbocycles. The van der Waals surface area contributed by atoms with Crippen molar-refractivity contribution in [1.82, 2.24) is 0 Å². The Morgan fingerprint density at radius 1 is 0.750 bits per heavy atom. The van der Waals surface area contributed by atoms with Crippen molar-refractivity contribution >= 4 is 40.5 Å². The van der Waals surface area contributed by atoms with Crippen molar-refractivity contribution in [2.45, 2.75) is 25.1 Å². The molecule has 0 radical (unpaired) electrons. The molecule has 0 fully saturated rings. The molecule has 2 amide bonds. The van der Waals surface area contributed by atoms with Gasteiger partial charge < -0.3 is 4.74 Å². The Morgan fingerprint density at radius 3 is 1.98 bits per heavy atom. The Kier molecular flexibility index (Phi) is 7.03. The van der Waals surface area contributed by atoms with E-state index in [9.17, 15) is 9.59 Å². The molecule has 2 aliphatic heterocycles. The van der Waals surface area contributed by atoms with Gasteiger partial charge in [0.15, 0.2) is 0 Å². The Balaban J connectivity index is 1.54. The first-order valence-electron chi connectivity index (χ1n) is 14.6. The standard InChI is InChI=1S/C38H29ClN2O3/c1-26-35(28-13-5-2-6-14-28)44-38(30-17-9-4-10-18-30)25-34(27-21-23-31(39)24-22-27)40(37(43)29-15-7-3-8-16-29)32-19-11-12-20-33(32)41(38)36(26)42/h2-24,34H,25H2,1H3/t34-,38+/m1/s1. The number of para-hydroxylation sites is 2. The molecule has 5 nitrogen and oxygen atoms in total. The molecule has 0 bridgehead atoms. The van der Waals surface area contributed by atoms with E-state index in [4.69, 9.17) is 16.3 Å². The number of hydrogen-bond acceptors (Lipinski definition) is 3. The third-order valence-electron chi connectivity index (χ3n) is 8.42. The maximum Gasteiger partial charge on any atom is 0.261 e. The SMILES string of the molecule is CC1=C(c2ccccc2)O[C@]2(c3ccccc3)C[C@H](c3ccc(Cl)cc3)N(C(=O)c3ccccc3)c3ccccc3N2C1=O. The Bertz CT molecular complexity index is 1870. The summed E-state index contributed by atoms with van der Waals surface area (Å²) in [5.41, 5.74) is 3.43. The normalized spacial score (nSPS) is 19.5. The molecule has 6 heteroatoms. The van der Waals surface area contributed by atoms with E-state index in [-0.39, 0.29) is 18.2 Å². The summed E-state index contributed by atoms with van der Waals surface area (Å²) in [6.45, 7) is 1.80. The van der Waals surface area contributed by atoms with Crippen molar-refractivity contribution in [3.63, 3.8) is 0 Å². The Morgan fingerprint density at radius 2 is 1.32 bits per heavy atom. The van der Waals surface area contributed by atoms with E-state index in [1.165, 1.54) is 0 Å². The average molecular weight is 597 g/mol. The third kappa shape index (κ3) is 4.57. The molecule has 44 heavy (non-hydrogen) atoms. The quantitative estimate of drug-likeness (QED) is 0.208. The monoisotopic (exact) mass is 596 g/mol. The van der Waals surface area contributed by atoms with Crippen LogP contribution in [-0.4, -0.2) is 11.8 Å². The molecule has 216 valence electrons. The van der Waals surface area contributed by atoms with E-state index >= 15 is 0 Å². The number of fused-ring (bicyclic) bond motifs is 3. The van der Waals surface area contributed by atoms with Gasteiger partial charge in [0.05, 0.1) is 23.0 Å². The van der Waals surface area contributed by atoms with Crippen LogP contribution in [0.25, 0.3) is 5.76 Å². The van der Waals surface area contributed by atoms with Crippen LogP contribution in [0.2, 0.25) is 5.02 Å². The summed E-state index contributed by atoms with van der Waals surface area (Å²) in [5, 5.41) is 0.595. The lowest BCUT2D eigenvalue weighted by atomic mass is 9.87. The van der Waals surface area contributed by atoms with Gasteiger partial charge in [0.2, 0.25) is 5.72 Å². The smallest absolute Gasteiger partial charge is 0.261 e. The first-order chi connectivity index (χ1) is 21.5. The second-order valence-electron chi connectivity index (χ2n) is 11.0. The predicted octanol–water partition coefficient (Wildman–Crippen LogP) is 8.78. The summed E-state index contributed by atoms with van der Waals surface area (Å²) in [6, 6.07) is 43.4. The fourth-order valence-corrected chi connectivity index (χ4v) is 6.45. The summed E-state index contributed by atoms with van der Waals surface area (Å²) in [4.78, 5) is 32.9. The maximum absolute atomic E-state index is 14.7. The number of halogens is 1. The van der Waals surface area contributed by atoms with Crippen LogP contribution >= 0.6 is 11.6 Å². The highest BCUT2D eigenvalue weighted by Crippen LogP contribution is 2.55. The first-order valence-corrected chi connectivity index (χ1v) is 14.9. The van der Waals surface area contributed by atoms with Gasteiger partial charge in [-0.05, 0) is 48.9 Å². The minimum atomic E-state index is -1.30. The zero-order chi connectivity index (χ0) is 30.3. The molecule has 0 N–H and O–H groups in total. The topological polar surface area (TPSA) is 49.9 Å². The zero-order valence-corrected chi connectivity index (χ0v) is 24.8. The van der Waals surface area contributed by atoms with E-state index < -0.39 is 11.8 Å². The maximum atomic E-state index is 14.7. The summed E-state index contributed by atoms with van der Waals surface area (Å²) >= 11 is 6.35. The van der Waals surface area contributed by atoms with Gasteiger partial charge in [-0.3, -0.25) is 19.4 Å². The predicted molar refractivity (Wildman–Crippen MR) is 174 cm³/mol. The first kappa shape index (κ1) is 27.7. The molecule has 0 unspecified atom stereocenters. The number of anilines is 2. The second kappa shape index (κ2) is 11.2. The molecule has 0 aromatic heterocycles. The fraction of sp³-hybridized carbons (Fsp3) is 0.105. The number of benzene rings is 5. The van der Waals surface area contributed by atoms with E-state index in [0.717, 1.165) is 16.7 Å². The highest BCUT2D eigenvalue weighted by atomic mass is 35.5. The van der Waals surface area contributed by atoms with Crippen molar-refractivity contribution < 1.29 is 14.3 Å². The molecule has 2 heterocycles. The molecule has 0 saturated carbocycles. The van der Waals surface area contributed by atoms with Crippen molar-refractivity contribution in [3.05, 3.63) is 172 Å². The van der Waals surface area contributed by atoms with E-state index in [1.54, 1.807) is 11.8 Å². The lowest BCUT2D eigenvalue weighted by Crippen LogP contribution is -2.55. The van der Waals surface area contributed by atoms with Gasteiger partial charge in [-0.15, -0.1) is 0 Å². The number of hydrogen-bond donors (Lipinski definition) is 0. The molecule has 0 spiro atoms. The van der Waals surface area contributed by atoms with Crippen molar-refractivity contribution in [1.29, 1.82) is 0 Å². The molecule has 7 rings (SSSR count). The van der Waals surface area contributed by atoms with Crippen LogP contribution in [0.3, 0.4) is 0 Å². The lowest BCUT2D eigenvalue weighted by Gasteiger charge is -2.47. The fourth-order valence-electron chi connectivity index (χ4n) is 6.33. The van der Waals surface area contributed by atoms with Crippen molar-refractivity contribution in [2.75, 3.05) is 9.80 Å². The van der Waals surface area contributed by atoms with E-state index in [1.807, 2.05) is 144 Å². The molecule has 0 aliphatic carbocycles. The van der Waals surface area contributed by atoms with Gasteiger partial charge in [0, 0.05) is 28.1 Å². The minimum Gasteiger partial charge on any atom is -0.462 e. The molecule has 2 aliphatic rings. The van der Waals surface area contributed by atoms with Crippen molar-refractivity contribution in [2.24, 2.45) is 0 Å². The van der Waals surface area contributed by atoms with E-state index in [2.05, 4.69) is 0 Å². The number of carbonyl (C=O) groups is 2. The van der Waals surface area contributed by atoms with Crippen LogP contribution in [0.1, 0.15) is 46.4 Å². The van der Waals surface area contributed by atoms with Gasteiger partial charge in [-0.2, -0.15) is 0 Å². The van der Waals surface area contributed by atoms with Crippen molar-refractivity contribution in [3.8, 4) is 0 Å². The van der Waals surface area contributed by atoms with Crippen LogP contribution in [0, 0.1) is 0 Å². The van der Waals surface area contributed by atoms with Gasteiger partial charge in [-0.1, -0.05) is 115 Å². The third-order valence-corrected chi connectivity index (χ3v) is 8.67. The summed E-state index contributed by atoms with van der Waals surface area (Å²) in [7, 11) is 0. The zero-order valence-electron chi connectivity index (χ0n) is 24.1. The highest BCUT2D eigenvalue weighted by molar-refractivity contribution is 6.30. The lowest BCUT2D eigenvalue weighted by molar-refractivity contribution is -0.122. The molecule has 5 aromatic rings. The van der Waals surface area contributed by atoms with Gasteiger partial charge in [0.25, 0.3) is 11.8 Å². The van der Waals surface area contributed by atoms with Crippen LogP contribution < -0.4 is 9.80 Å². The largest absolute Gasteiger partial charge is 0.462 e. The molecular weight excluding hydrogens is 568 g/mol. The van der Waals surface area contributed by atoms with Gasteiger partial charge >= 0.3 is 0 Å². The van der Waals surface area contributed by atoms with Crippen LogP contribution in [0.5, 0.6) is 0 Å². The minimum absolute atomic E-state index is 0.179. The Hall–Kier alpha value is -5.13. The summed E-state index contributed by atoms with van der Waals surface area (Å²) in [6.07, 6.45) is 0.251. The van der Waals surface area contributed by atoms with Crippen LogP contribution in [0.4, 0.5) is 11.4 Å². The number of ether oxygens (including phenoxy) is 1.